The second-order valence-electron chi connectivity index (χ2n) is 5.90. The molecule has 2 aromatic rings. The molecule has 1 aromatic heterocycles. The summed E-state index contributed by atoms with van der Waals surface area (Å²) >= 11 is 3.31. The third-order valence-corrected chi connectivity index (χ3v) is 4.95. The summed E-state index contributed by atoms with van der Waals surface area (Å²) in [6.07, 6.45) is 2.86. The first-order valence-electron chi connectivity index (χ1n) is 8.41. The van der Waals surface area contributed by atoms with Crippen molar-refractivity contribution < 1.29 is 13.0 Å². The van der Waals surface area contributed by atoms with E-state index in [1.165, 1.54) is 0 Å². The van der Waals surface area contributed by atoms with Gasteiger partial charge in [-0.25, -0.2) is 4.98 Å². The molecule has 0 aliphatic heterocycles. The first kappa shape index (κ1) is 25.0. The van der Waals surface area contributed by atoms with E-state index < -0.39 is 10.1 Å². The zero-order valence-corrected chi connectivity index (χ0v) is 17.3. The van der Waals surface area contributed by atoms with Crippen LogP contribution in [0.3, 0.4) is 0 Å². The molecule has 0 amide bonds. The number of halogens is 1. The number of hydrogen-bond acceptors (Lipinski definition) is 7. The van der Waals surface area contributed by atoms with E-state index in [0.29, 0.717) is 30.2 Å². The summed E-state index contributed by atoms with van der Waals surface area (Å²) in [6.45, 7) is 3.28. The maximum atomic E-state index is 10.9. The van der Waals surface area contributed by atoms with E-state index in [1.54, 1.807) is 24.4 Å². The first-order chi connectivity index (χ1) is 12.8. The van der Waals surface area contributed by atoms with Gasteiger partial charge in [0.15, 0.2) is 5.82 Å². The van der Waals surface area contributed by atoms with E-state index in [1.807, 2.05) is 24.0 Å². The molecule has 0 saturated carbocycles. The zero-order valence-electron chi connectivity index (χ0n) is 14.9. The second kappa shape index (κ2) is 11.8. The summed E-state index contributed by atoms with van der Waals surface area (Å²) in [5.74, 6) is 0.203. The molecular weight excluding hydrogens is 457 g/mol. The fourth-order valence-electron chi connectivity index (χ4n) is 2.44. The number of rotatable bonds is 9. The van der Waals surface area contributed by atoms with Crippen molar-refractivity contribution in [3.05, 3.63) is 41.0 Å². The van der Waals surface area contributed by atoms with Crippen LogP contribution in [0.5, 0.6) is 0 Å². The molecule has 0 unspecified atom stereocenters. The monoisotopic (exact) mass is 479 g/mol. The molecule has 0 bridgehead atoms. The van der Waals surface area contributed by atoms with Crippen LogP contribution in [0.4, 0.5) is 22.9 Å². The molecule has 28 heavy (non-hydrogen) atoms. The summed E-state index contributed by atoms with van der Waals surface area (Å²) in [4.78, 5) is 6.15. The van der Waals surface area contributed by atoms with Gasteiger partial charge in [-0.05, 0) is 59.1 Å². The molecule has 0 saturated heterocycles. The van der Waals surface area contributed by atoms with Crippen LogP contribution in [0.15, 0.2) is 51.2 Å². The average Bonchev–Trinajstić information content (AvgIpc) is 2.60. The van der Waals surface area contributed by atoms with Crippen molar-refractivity contribution in [3.63, 3.8) is 0 Å². The zero-order chi connectivity index (χ0) is 19.9. The van der Waals surface area contributed by atoms with Gasteiger partial charge in [0.1, 0.15) is 5.69 Å². The van der Waals surface area contributed by atoms with Gasteiger partial charge in [-0.15, -0.1) is 10.2 Å². The molecule has 0 aliphatic rings. The van der Waals surface area contributed by atoms with Gasteiger partial charge in [-0.3, -0.25) is 4.55 Å². The van der Waals surface area contributed by atoms with Gasteiger partial charge in [0.05, 0.1) is 11.4 Å². The van der Waals surface area contributed by atoms with Gasteiger partial charge in [0, 0.05) is 29.4 Å². The fraction of sp³-hybridized carbons (Fsp3) is 0.353. The number of benzene rings is 1. The third kappa shape index (κ3) is 8.54. The Hall–Kier alpha value is -1.04. The molecule has 8 nitrogen and oxygen atoms in total. The predicted octanol–water partition coefficient (Wildman–Crippen LogP) is 3.69. The number of nitrogens with two attached hydrogens (primary N) is 1. The van der Waals surface area contributed by atoms with Gasteiger partial charge >= 0.3 is 29.6 Å². The van der Waals surface area contributed by atoms with Gasteiger partial charge in [-0.1, -0.05) is 6.92 Å². The molecule has 148 valence electrons. The van der Waals surface area contributed by atoms with Crippen LogP contribution in [0, 0.1) is 0 Å². The quantitative estimate of drug-likeness (QED) is 0.244. The topological polar surface area (TPSA) is 121 Å². The van der Waals surface area contributed by atoms with Crippen LogP contribution in [0.1, 0.15) is 19.8 Å². The Balaban J connectivity index is 0.00000392. The molecule has 1 aromatic carbocycles. The predicted molar refractivity (Wildman–Crippen MR) is 118 cm³/mol. The SMILES string of the molecule is CCCN(CCCS(=O)(=O)O)c1ccc(/N=N/c2ccc(Br)cn2)c(N)c1.[NaH]. The summed E-state index contributed by atoms with van der Waals surface area (Å²) in [7, 11) is -3.96. The van der Waals surface area contributed by atoms with E-state index in [-0.39, 0.29) is 35.3 Å². The summed E-state index contributed by atoms with van der Waals surface area (Å²) < 4.78 is 31.5. The van der Waals surface area contributed by atoms with Crippen molar-refractivity contribution in [2.45, 2.75) is 19.8 Å². The molecule has 0 fully saturated rings. The molecule has 3 N–H and O–H groups in total. The number of nitrogens with zero attached hydrogens (tertiary/aromatic N) is 4. The Morgan fingerprint density at radius 2 is 1.96 bits per heavy atom. The minimum absolute atomic E-state index is 0. The van der Waals surface area contributed by atoms with Crippen LogP contribution >= 0.6 is 15.9 Å². The number of hydrogen-bond donors (Lipinski definition) is 2. The molecule has 0 aliphatic carbocycles. The number of azo groups is 1. The minimum atomic E-state index is -3.96. The maximum absolute atomic E-state index is 10.9. The third-order valence-electron chi connectivity index (χ3n) is 3.67. The molecule has 2 rings (SSSR count). The number of pyridine rings is 1. The van der Waals surface area contributed by atoms with Crippen molar-refractivity contribution in [1.29, 1.82) is 0 Å². The molecule has 0 radical (unpaired) electrons. The van der Waals surface area contributed by atoms with Crippen LogP contribution in [0.25, 0.3) is 0 Å². The first-order valence-corrected chi connectivity index (χ1v) is 10.8. The van der Waals surface area contributed by atoms with Crippen LogP contribution in [-0.2, 0) is 10.1 Å². The normalized spacial score (nSPS) is 11.4. The Bertz CT molecular complexity index is 894. The summed E-state index contributed by atoms with van der Waals surface area (Å²) in [5, 5.41) is 8.21. The van der Waals surface area contributed by atoms with Gasteiger partial charge in [-0.2, -0.15) is 8.42 Å². The van der Waals surface area contributed by atoms with E-state index in [9.17, 15) is 8.42 Å². The Kier molecular flexibility index (Phi) is 10.6. The number of anilines is 2. The Morgan fingerprint density at radius 3 is 2.54 bits per heavy atom. The van der Waals surface area contributed by atoms with Crippen molar-refractivity contribution in [3.8, 4) is 0 Å². The molecule has 1 heterocycles. The average molecular weight is 480 g/mol. The van der Waals surface area contributed by atoms with Crippen LogP contribution < -0.4 is 10.6 Å². The Morgan fingerprint density at radius 1 is 1.21 bits per heavy atom. The second-order valence-corrected chi connectivity index (χ2v) is 8.39. The number of nitrogen functional groups attached to an aromatic ring is 1. The molecular formula is C17H23BrN5NaO3S. The van der Waals surface area contributed by atoms with Crippen molar-refractivity contribution in [1.82, 2.24) is 4.98 Å². The van der Waals surface area contributed by atoms with E-state index in [0.717, 1.165) is 23.1 Å². The summed E-state index contributed by atoms with van der Waals surface area (Å²) in [6, 6.07) is 8.97. The van der Waals surface area contributed by atoms with Crippen molar-refractivity contribution in [2.75, 3.05) is 29.5 Å². The van der Waals surface area contributed by atoms with Gasteiger partial charge < -0.3 is 10.6 Å². The molecule has 0 atom stereocenters. The van der Waals surface area contributed by atoms with E-state index in [4.69, 9.17) is 10.3 Å². The number of aromatic nitrogens is 1. The van der Waals surface area contributed by atoms with Crippen molar-refractivity contribution >= 4 is 78.5 Å². The van der Waals surface area contributed by atoms with E-state index in [2.05, 4.69) is 31.1 Å². The van der Waals surface area contributed by atoms with Crippen LogP contribution in [0.2, 0.25) is 0 Å². The molecule has 11 heteroatoms. The summed E-state index contributed by atoms with van der Waals surface area (Å²) in [5.41, 5.74) is 7.95. The van der Waals surface area contributed by atoms with Crippen molar-refractivity contribution in [2.24, 2.45) is 10.2 Å². The molecule has 0 spiro atoms. The standard InChI is InChI=1S/C17H22BrN5O3S.Na.H/c1-2-8-23(9-3-10-27(24,25)26)14-5-6-16(15(19)11-14)21-22-17-7-4-13(18)12-20-17;;/h4-7,11-12H,2-3,8-10,19H2,1H3,(H,24,25,26);;/b22-21+;;. The Labute approximate surface area is 195 Å². The van der Waals surface area contributed by atoms with Gasteiger partial charge in [0.25, 0.3) is 10.1 Å². The fourth-order valence-corrected chi connectivity index (χ4v) is 3.17. The van der Waals surface area contributed by atoms with Gasteiger partial charge in [0.2, 0.25) is 0 Å². The van der Waals surface area contributed by atoms with Crippen LogP contribution in [-0.4, -0.2) is 66.4 Å². The van der Waals surface area contributed by atoms with E-state index >= 15 is 0 Å².